The summed E-state index contributed by atoms with van der Waals surface area (Å²) < 4.78 is 0. The van der Waals surface area contributed by atoms with Crippen LogP contribution in [0.1, 0.15) is 37.0 Å². The summed E-state index contributed by atoms with van der Waals surface area (Å²) in [6.07, 6.45) is 2.18. The van der Waals surface area contributed by atoms with Gasteiger partial charge in [0.1, 0.15) is 0 Å². The lowest BCUT2D eigenvalue weighted by Gasteiger charge is -2.28. The highest BCUT2D eigenvalue weighted by Crippen LogP contribution is 2.24. The quantitative estimate of drug-likeness (QED) is 0.844. The van der Waals surface area contributed by atoms with Crippen LogP contribution < -0.4 is 0 Å². The normalized spacial score (nSPS) is 20.9. The minimum absolute atomic E-state index is 0.227. The van der Waals surface area contributed by atoms with Crippen molar-refractivity contribution >= 4 is 0 Å². The van der Waals surface area contributed by atoms with E-state index in [4.69, 9.17) is 0 Å². The summed E-state index contributed by atoms with van der Waals surface area (Å²) in [7, 11) is 0. The first-order valence-electron chi connectivity index (χ1n) is 6.17. The summed E-state index contributed by atoms with van der Waals surface area (Å²) in [6, 6.07) is 8.43. The third-order valence-corrected chi connectivity index (χ3v) is 3.59. The number of hydrogen-bond donors (Lipinski definition) is 1. The molecule has 1 saturated heterocycles. The molecule has 0 amide bonds. The molecule has 1 fully saturated rings. The molecule has 88 valence electrons. The van der Waals surface area contributed by atoms with E-state index in [1.54, 1.807) is 0 Å². The zero-order valence-corrected chi connectivity index (χ0v) is 10.2. The summed E-state index contributed by atoms with van der Waals surface area (Å²) in [5.74, 6) is 0. The Bertz CT molecular complexity index is 327. The highest BCUT2D eigenvalue weighted by molar-refractivity contribution is 5.24. The lowest BCUT2D eigenvalue weighted by Crippen LogP contribution is -2.35. The van der Waals surface area contributed by atoms with Crippen molar-refractivity contribution in [2.75, 3.05) is 13.1 Å². The lowest BCUT2D eigenvalue weighted by molar-refractivity contribution is 0.0716. The fourth-order valence-corrected chi connectivity index (χ4v) is 2.39. The Labute approximate surface area is 97.9 Å². The Morgan fingerprint density at radius 2 is 1.69 bits per heavy atom. The Kier molecular flexibility index (Phi) is 3.62. The maximum Gasteiger partial charge on any atom is 0.0942 e. The predicted molar refractivity (Wildman–Crippen MR) is 66.4 cm³/mol. The average Bonchev–Trinajstić information content (AvgIpc) is 2.81. The van der Waals surface area contributed by atoms with Crippen LogP contribution in [0.25, 0.3) is 0 Å². The second-order valence-electron chi connectivity index (χ2n) is 4.84. The first kappa shape index (κ1) is 11.6. The van der Waals surface area contributed by atoms with Gasteiger partial charge in [-0.15, -0.1) is 0 Å². The molecule has 0 spiro atoms. The first-order chi connectivity index (χ1) is 7.68. The van der Waals surface area contributed by atoms with E-state index in [1.807, 2.05) is 12.1 Å². The van der Waals surface area contributed by atoms with E-state index in [-0.39, 0.29) is 12.1 Å². The summed E-state index contributed by atoms with van der Waals surface area (Å²) in [5, 5.41) is 10.3. The van der Waals surface area contributed by atoms with Crippen LogP contribution in [-0.4, -0.2) is 29.1 Å². The number of aliphatic hydroxyl groups excluding tert-OH is 1. The number of rotatable bonds is 3. The van der Waals surface area contributed by atoms with E-state index in [1.165, 1.54) is 18.4 Å². The fraction of sp³-hybridized carbons (Fsp3) is 0.571. The van der Waals surface area contributed by atoms with Gasteiger partial charge in [-0.05, 0) is 45.3 Å². The standard InChI is InChI=1S/C14H21NO/c1-11-5-7-13(8-6-11)14(16)12(2)15-9-3-4-10-15/h5-8,12,14,16H,3-4,9-10H2,1-2H3/t12-,14-/m0/s1. The topological polar surface area (TPSA) is 23.5 Å². The smallest absolute Gasteiger partial charge is 0.0942 e. The summed E-state index contributed by atoms with van der Waals surface area (Å²) in [5.41, 5.74) is 2.27. The van der Waals surface area contributed by atoms with Crippen molar-refractivity contribution < 1.29 is 5.11 Å². The molecule has 16 heavy (non-hydrogen) atoms. The summed E-state index contributed by atoms with van der Waals surface area (Å²) in [4.78, 5) is 2.38. The van der Waals surface area contributed by atoms with Crippen LogP contribution in [0, 0.1) is 6.92 Å². The molecule has 2 heteroatoms. The summed E-state index contributed by atoms with van der Waals surface area (Å²) >= 11 is 0. The van der Waals surface area contributed by atoms with Crippen LogP contribution in [0.2, 0.25) is 0 Å². The molecule has 2 nitrogen and oxygen atoms in total. The van der Waals surface area contributed by atoms with E-state index in [9.17, 15) is 5.11 Å². The number of aliphatic hydroxyl groups is 1. The molecule has 2 atom stereocenters. The van der Waals surface area contributed by atoms with Crippen molar-refractivity contribution in [1.82, 2.24) is 4.90 Å². The van der Waals surface area contributed by atoms with E-state index < -0.39 is 0 Å². The van der Waals surface area contributed by atoms with Crippen LogP contribution in [-0.2, 0) is 0 Å². The van der Waals surface area contributed by atoms with Crippen molar-refractivity contribution in [1.29, 1.82) is 0 Å². The molecule has 1 aromatic rings. The number of likely N-dealkylation sites (tertiary alicyclic amines) is 1. The van der Waals surface area contributed by atoms with Crippen molar-refractivity contribution in [3.63, 3.8) is 0 Å². The molecule has 0 aromatic heterocycles. The number of benzene rings is 1. The molecule has 0 bridgehead atoms. The van der Waals surface area contributed by atoms with Gasteiger partial charge in [0.05, 0.1) is 6.10 Å². The van der Waals surface area contributed by atoms with Crippen molar-refractivity contribution in [3.05, 3.63) is 35.4 Å². The zero-order chi connectivity index (χ0) is 11.5. The van der Waals surface area contributed by atoms with Crippen molar-refractivity contribution in [2.45, 2.75) is 38.8 Å². The first-order valence-corrected chi connectivity index (χ1v) is 6.17. The molecular weight excluding hydrogens is 198 g/mol. The molecule has 0 unspecified atom stereocenters. The van der Waals surface area contributed by atoms with Gasteiger partial charge in [0.2, 0.25) is 0 Å². The van der Waals surface area contributed by atoms with E-state index in [0.29, 0.717) is 0 Å². The van der Waals surface area contributed by atoms with E-state index in [2.05, 4.69) is 30.9 Å². The summed E-state index contributed by atoms with van der Waals surface area (Å²) in [6.45, 7) is 6.45. The van der Waals surface area contributed by atoms with E-state index >= 15 is 0 Å². The average molecular weight is 219 g/mol. The van der Waals surface area contributed by atoms with Crippen LogP contribution in [0.5, 0.6) is 0 Å². The highest BCUT2D eigenvalue weighted by atomic mass is 16.3. The Hall–Kier alpha value is -0.860. The molecule has 0 aliphatic carbocycles. The van der Waals surface area contributed by atoms with Gasteiger partial charge in [-0.1, -0.05) is 29.8 Å². The molecule has 1 aromatic carbocycles. The van der Waals surface area contributed by atoms with Gasteiger partial charge >= 0.3 is 0 Å². The Morgan fingerprint density at radius 3 is 2.25 bits per heavy atom. The molecule has 1 aliphatic rings. The SMILES string of the molecule is Cc1ccc([C@@H](O)[C@H](C)N2CCCC2)cc1. The van der Waals surface area contributed by atoms with E-state index in [0.717, 1.165) is 18.7 Å². The van der Waals surface area contributed by atoms with Crippen LogP contribution >= 0.6 is 0 Å². The van der Waals surface area contributed by atoms with Crippen molar-refractivity contribution in [2.24, 2.45) is 0 Å². The second kappa shape index (κ2) is 4.98. The lowest BCUT2D eigenvalue weighted by atomic mass is 10.0. The van der Waals surface area contributed by atoms with Gasteiger partial charge in [-0.25, -0.2) is 0 Å². The van der Waals surface area contributed by atoms with Crippen LogP contribution in [0.4, 0.5) is 0 Å². The van der Waals surface area contributed by atoms with Gasteiger partial charge in [0, 0.05) is 6.04 Å². The minimum Gasteiger partial charge on any atom is -0.387 e. The largest absolute Gasteiger partial charge is 0.387 e. The van der Waals surface area contributed by atoms with Gasteiger partial charge in [0.25, 0.3) is 0 Å². The maximum absolute atomic E-state index is 10.3. The zero-order valence-electron chi connectivity index (χ0n) is 10.2. The van der Waals surface area contributed by atoms with Gasteiger partial charge in [-0.3, -0.25) is 4.90 Å². The molecule has 2 rings (SSSR count). The Morgan fingerprint density at radius 1 is 1.12 bits per heavy atom. The molecule has 0 saturated carbocycles. The van der Waals surface area contributed by atoms with Gasteiger partial charge in [0.15, 0.2) is 0 Å². The molecule has 1 aliphatic heterocycles. The van der Waals surface area contributed by atoms with Crippen molar-refractivity contribution in [3.8, 4) is 0 Å². The van der Waals surface area contributed by atoms with Crippen LogP contribution in [0.15, 0.2) is 24.3 Å². The minimum atomic E-state index is -0.362. The second-order valence-corrected chi connectivity index (χ2v) is 4.84. The monoisotopic (exact) mass is 219 g/mol. The Balaban J connectivity index is 2.05. The molecule has 0 radical (unpaired) electrons. The number of aryl methyl sites for hydroxylation is 1. The highest BCUT2D eigenvalue weighted by Gasteiger charge is 2.24. The third kappa shape index (κ3) is 2.45. The molecule has 1 heterocycles. The maximum atomic E-state index is 10.3. The van der Waals surface area contributed by atoms with Gasteiger partial charge < -0.3 is 5.11 Å². The molecular formula is C14H21NO. The number of nitrogens with zero attached hydrogens (tertiary/aromatic N) is 1. The molecule has 1 N–H and O–H groups in total. The van der Waals surface area contributed by atoms with Gasteiger partial charge in [-0.2, -0.15) is 0 Å². The van der Waals surface area contributed by atoms with Crippen LogP contribution in [0.3, 0.4) is 0 Å². The fourth-order valence-electron chi connectivity index (χ4n) is 2.39. The predicted octanol–water partition coefficient (Wildman–Crippen LogP) is 2.51. The number of hydrogen-bond acceptors (Lipinski definition) is 2. The third-order valence-electron chi connectivity index (χ3n) is 3.59.